The molecule has 2 aromatic carbocycles. The largest absolute Gasteiger partial charge is 0.454 e. The third-order valence-corrected chi connectivity index (χ3v) is 6.39. The summed E-state index contributed by atoms with van der Waals surface area (Å²) in [5.41, 5.74) is 1.79. The van der Waals surface area contributed by atoms with Gasteiger partial charge in [-0.25, -0.2) is 8.78 Å². The fourth-order valence-corrected chi connectivity index (χ4v) is 4.58. The van der Waals surface area contributed by atoms with Crippen molar-refractivity contribution in [2.75, 3.05) is 13.4 Å². The summed E-state index contributed by atoms with van der Waals surface area (Å²) in [6.07, 6.45) is 0.694. The van der Waals surface area contributed by atoms with Gasteiger partial charge in [0, 0.05) is 18.2 Å². The Kier molecular flexibility index (Phi) is 5.12. The Labute approximate surface area is 183 Å². The van der Waals surface area contributed by atoms with Crippen molar-refractivity contribution in [3.63, 3.8) is 0 Å². The van der Waals surface area contributed by atoms with Crippen LogP contribution in [0.1, 0.15) is 53.3 Å². The Morgan fingerprint density at radius 3 is 2.69 bits per heavy atom. The second-order valence-corrected chi connectivity index (χ2v) is 8.51. The van der Waals surface area contributed by atoms with Crippen LogP contribution in [0.3, 0.4) is 0 Å². The summed E-state index contributed by atoms with van der Waals surface area (Å²) in [4.78, 5) is 24.4. The van der Waals surface area contributed by atoms with E-state index in [4.69, 9.17) is 14.2 Å². The van der Waals surface area contributed by atoms with E-state index in [-0.39, 0.29) is 24.7 Å². The number of amides is 1. The molecule has 0 aromatic heterocycles. The summed E-state index contributed by atoms with van der Waals surface area (Å²) in [5, 5.41) is 2.80. The molecule has 3 aliphatic rings. The molecule has 2 fully saturated rings. The second-order valence-electron chi connectivity index (χ2n) is 8.51. The van der Waals surface area contributed by atoms with Crippen LogP contribution < -0.4 is 14.8 Å². The summed E-state index contributed by atoms with van der Waals surface area (Å²) >= 11 is 0. The van der Waals surface area contributed by atoms with Crippen molar-refractivity contribution in [3.8, 4) is 11.5 Å². The Balaban J connectivity index is 1.26. The Morgan fingerprint density at radius 2 is 1.88 bits per heavy atom. The number of hydrogen-bond donors (Lipinski definition) is 1. The quantitative estimate of drug-likeness (QED) is 0.707. The molecular weight excluding hydrogens is 420 g/mol. The number of carbonyl (C=O) groups excluding carboxylic acids is 2. The zero-order chi connectivity index (χ0) is 22.5. The standard InChI is InChI=1S/C24H23F2NO5/c1-13(28)14-3-2-4-15(9-14)19-11-17(7-8-30-19)27-23(29)22-21(24(22,25)26)16-5-6-18-20(10-16)32-12-31-18/h2-6,9-10,17,19,21-22H,7-8,11-12H2,1H3,(H,27,29). The maximum Gasteiger partial charge on any atom is 0.268 e. The highest BCUT2D eigenvalue weighted by atomic mass is 19.3. The van der Waals surface area contributed by atoms with Gasteiger partial charge in [0.2, 0.25) is 12.7 Å². The van der Waals surface area contributed by atoms with Crippen LogP contribution in [-0.2, 0) is 9.53 Å². The maximum atomic E-state index is 14.6. The molecule has 4 atom stereocenters. The van der Waals surface area contributed by atoms with E-state index < -0.39 is 23.7 Å². The molecule has 0 radical (unpaired) electrons. The minimum atomic E-state index is -3.11. The number of fused-ring (bicyclic) bond motifs is 1. The molecule has 1 saturated heterocycles. The van der Waals surface area contributed by atoms with Crippen molar-refractivity contribution in [1.29, 1.82) is 0 Å². The molecule has 1 N–H and O–H groups in total. The van der Waals surface area contributed by atoms with E-state index in [1.165, 1.54) is 13.0 Å². The van der Waals surface area contributed by atoms with Gasteiger partial charge in [-0.15, -0.1) is 0 Å². The number of rotatable bonds is 5. The molecule has 5 rings (SSSR count). The van der Waals surface area contributed by atoms with Crippen molar-refractivity contribution >= 4 is 11.7 Å². The molecule has 2 heterocycles. The molecule has 1 amide bonds. The lowest BCUT2D eigenvalue weighted by Crippen LogP contribution is -2.41. The van der Waals surface area contributed by atoms with Crippen molar-refractivity contribution in [2.45, 2.75) is 43.8 Å². The maximum absolute atomic E-state index is 14.6. The lowest BCUT2D eigenvalue weighted by Gasteiger charge is -2.30. The van der Waals surface area contributed by atoms with Crippen LogP contribution in [0, 0.1) is 5.92 Å². The first-order chi connectivity index (χ1) is 15.3. The van der Waals surface area contributed by atoms with Crippen LogP contribution in [0.2, 0.25) is 0 Å². The summed E-state index contributed by atoms with van der Waals surface area (Å²) in [6.45, 7) is 1.95. The number of carbonyl (C=O) groups is 2. The fourth-order valence-electron chi connectivity index (χ4n) is 4.58. The first-order valence-corrected chi connectivity index (χ1v) is 10.6. The summed E-state index contributed by atoms with van der Waals surface area (Å²) in [6, 6.07) is 11.6. The Hall–Kier alpha value is -3.00. The topological polar surface area (TPSA) is 73.9 Å². The van der Waals surface area contributed by atoms with E-state index in [0.717, 1.165) is 5.56 Å². The molecule has 32 heavy (non-hydrogen) atoms. The van der Waals surface area contributed by atoms with Crippen LogP contribution in [0.4, 0.5) is 8.78 Å². The molecule has 4 unspecified atom stereocenters. The number of hydrogen-bond acceptors (Lipinski definition) is 5. The normalized spacial score (nSPS) is 27.6. The van der Waals surface area contributed by atoms with Gasteiger partial charge >= 0.3 is 0 Å². The first-order valence-electron chi connectivity index (χ1n) is 10.6. The van der Waals surface area contributed by atoms with Gasteiger partial charge in [0.25, 0.3) is 5.92 Å². The highest BCUT2D eigenvalue weighted by Gasteiger charge is 2.72. The van der Waals surface area contributed by atoms with Gasteiger partial charge in [0.05, 0.1) is 12.0 Å². The number of halogens is 2. The average Bonchev–Trinajstić information content (AvgIpc) is 3.11. The minimum absolute atomic E-state index is 0.0435. The predicted molar refractivity (Wildman–Crippen MR) is 110 cm³/mol. The van der Waals surface area contributed by atoms with Crippen LogP contribution in [0.5, 0.6) is 11.5 Å². The lowest BCUT2D eigenvalue weighted by atomic mass is 9.95. The van der Waals surface area contributed by atoms with Gasteiger partial charge in [0.1, 0.15) is 5.92 Å². The minimum Gasteiger partial charge on any atom is -0.454 e. The van der Waals surface area contributed by atoms with Crippen LogP contribution in [0.15, 0.2) is 42.5 Å². The van der Waals surface area contributed by atoms with Crippen molar-refractivity contribution in [1.82, 2.24) is 5.32 Å². The molecule has 2 aliphatic heterocycles. The molecule has 2 aromatic rings. The first kappa shape index (κ1) is 20.9. The molecule has 0 bridgehead atoms. The van der Waals surface area contributed by atoms with Gasteiger partial charge in [-0.2, -0.15) is 0 Å². The smallest absolute Gasteiger partial charge is 0.268 e. The zero-order valence-electron chi connectivity index (χ0n) is 17.5. The highest BCUT2D eigenvalue weighted by Crippen LogP contribution is 2.62. The Bertz CT molecular complexity index is 1070. The average molecular weight is 443 g/mol. The molecule has 168 valence electrons. The number of nitrogens with one attached hydrogen (secondary N) is 1. The number of Topliss-reactive ketones (excluding diaryl/α,β-unsaturated/α-hetero) is 1. The highest BCUT2D eigenvalue weighted by molar-refractivity contribution is 5.94. The molecule has 1 aliphatic carbocycles. The van der Waals surface area contributed by atoms with Crippen LogP contribution >= 0.6 is 0 Å². The SMILES string of the molecule is CC(=O)c1cccc(C2CC(NC(=O)C3C(c4ccc5c(c4)OCO5)C3(F)F)CCO2)c1. The van der Waals surface area contributed by atoms with Gasteiger partial charge in [-0.3, -0.25) is 9.59 Å². The Morgan fingerprint density at radius 1 is 1.06 bits per heavy atom. The predicted octanol–water partition coefficient (Wildman–Crippen LogP) is 4.00. The number of ether oxygens (including phenoxy) is 3. The molecule has 8 heteroatoms. The van der Waals surface area contributed by atoms with Crippen LogP contribution in [-0.4, -0.2) is 37.1 Å². The summed E-state index contributed by atoms with van der Waals surface area (Å²) < 4.78 is 45.5. The molecule has 1 saturated carbocycles. The van der Waals surface area contributed by atoms with E-state index in [0.29, 0.717) is 42.1 Å². The van der Waals surface area contributed by atoms with E-state index in [2.05, 4.69) is 5.32 Å². The monoisotopic (exact) mass is 443 g/mol. The van der Waals surface area contributed by atoms with E-state index in [1.54, 1.807) is 30.3 Å². The summed E-state index contributed by atoms with van der Waals surface area (Å²) in [5.74, 6) is -5.47. The van der Waals surface area contributed by atoms with Crippen LogP contribution in [0.25, 0.3) is 0 Å². The van der Waals surface area contributed by atoms with Gasteiger partial charge < -0.3 is 19.5 Å². The van der Waals surface area contributed by atoms with E-state index >= 15 is 0 Å². The summed E-state index contributed by atoms with van der Waals surface area (Å²) in [7, 11) is 0. The van der Waals surface area contributed by atoms with Crippen molar-refractivity contribution in [3.05, 3.63) is 59.2 Å². The number of alkyl halides is 2. The zero-order valence-corrected chi connectivity index (χ0v) is 17.5. The van der Waals surface area contributed by atoms with Crippen molar-refractivity contribution in [2.24, 2.45) is 5.92 Å². The van der Waals surface area contributed by atoms with Gasteiger partial charge in [0.15, 0.2) is 17.3 Å². The third-order valence-electron chi connectivity index (χ3n) is 6.39. The van der Waals surface area contributed by atoms with Gasteiger partial charge in [-0.1, -0.05) is 24.3 Å². The molecular formula is C24H23F2NO5. The lowest BCUT2D eigenvalue weighted by molar-refractivity contribution is -0.126. The van der Waals surface area contributed by atoms with Gasteiger partial charge in [-0.05, 0) is 49.1 Å². The molecule has 0 spiro atoms. The third kappa shape index (κ3) is 3.72. The fraction of sp³-hybridized carbons (Fsp3) is 0.417. The van der Waals surface area contributed by atoms with E-state index in [1.807, 2.05) is 6.07 Å². The molecule has 6 nitrogen and oxygen atoms in total. The number of ketones is 1. The van der Waals surface area contributed by atoms with E-state index in [9.17, 15) is 18.4 Å². The number of benzene rings is 2. The second kappa shape index (κ2) is 7.85. The van der Waals surface area contributed by atoms with Crippen molar-refractivity contribution < 1.29 is 32.6 Å².